The van der Waals surface area contributed by atoms with Crippen LogP contribution < -0.4 is 10.6 Å². The topological polar surface area (TPSA) is 83.1 Å². The molecule has 3 aliphatic rings. The molecule has 246 valence electrons. The van der Waals surface area contributed by atoms with Crippen molar-refractivity contribution in [1.29, 1.82) is 0 Å². The van der Waals surface area contributed by atoms with Gasteiger partial charge in [0.1, 0.15) is 0 Å². The Hall–Kier alpha value is -3.23. The van der Waals surface area contributed by atoms with Crippen molar-refractivity contribution < 1.29 is 19.4 Å². The van der Waals surface area contributed by atoms with Crippen LogP contribution in [0.15, 0.2) is 72.8 Å². The number of nitrogens with zero attached hydrogens (tertiary/aromatic N) is 1. The van der Waals surface area contributed by atoms with Crippen LogP contribution in [0.2, 0.25) is 0 Å². The average Bonchev–Trinajstić information content (AvgIpc) is 3.28. The van der Waals surface area contributed by atoms with Crippen LogP contribution in [0.5, 0.6) is 0 Å². The van der Waals surface area contributed by atoms with Crippen LogP contribution >= 0.6 is 0 Å². The van der Waals surface area contributed by atoms with Gasteiger partial charge in [-0.1, -0.05) is 100 Å². The molecule has 0 aromatic heterocycles. The molecule has 2 bridgehead atoms. The molecule has 7 heteroatoms. The molecule has 6 atom stereocenters. The molecule has 2 heterocycles. The van der Waals surface area contributed by atoms with Crippen molar-refractivity contribution in [1.82, 2.24) is 15.5 Å². The van der Waals surface area contributed by atoms with Crippen LogP contribution in [0, 0.1) is 16.7 Å². The molecule has 3 N–H and O–H groups in total. The summed E-state index contributed by atoms with van der Waals surface area (Å²) >= 11 is 0. The number of ether oxygens (including phenoxy) is 2. The molecule has 1 aliphatic carbocycles. The fourth-order valence-electron chi connectivity index (χ4n) is 8.52. The van der Waals surface area contributed by atoms with E-state index in [-0.39, 0.29) is 30.8 Å². The highest BCUT2D eigenvalue weighted by molar-refractivity contribution is 5.74. The lowest BCUT2D eigenvalue weighted by Gasteiger charge is -2.43. The molecule has 0 radical (unpaired) electrons. The summed E-state index contributed by atoms with van der Waals surface area (Å²) in [6.45, 7) is 14.6. The molecule has 2 unspecified atom stereocenters. The Morgan fingerprint density at radius 1 is 0.935 bits per heavy atom. The number of rotatable bonds is 9. The predicted molar refractivity (Wildman–Crippen MR) is 182 cm³/mol. The minimum atomic E-state index is -0.499. The molecule has 6 rings (SSSR count). The molecule has 2 saturated heterocycles. The van der Waals surface area contributed by atoms with Gasteiger partial charge in [0.05, 0.1) is 18.8 Å². The second-order valence-corrected chi connectivity index (χ2v) is 15.0. The SMILES string of the molecule is CCNC(=O)NCc1ccccc1-c1ccc([C@@H]2O[C@H](CN3CC4(C)CC3CC(C)(C)C4)[C@H](C)[C@H](c3ccc(CO)cc3)O2)cc1. The molecule has 2 amide bonds. The Kier molecular flexibility index (Phi) is 9.58. The van der Waals surface area contributed by atoms with Gasteiger partial charge in [0.25, 0.3) is 0 Å². The van der Waals surface area contributed by atoms with Crippen LogP contribution in [0.25, 0.3) is 11.1 Å². The maximum absolute atomic E-state index is 12.0. The van der Waals surface area contributed by atoms with E-state index in [2.05, 4.69) is 91.8 Å². The first-order chi connectivity index (χ1) is 22.1. The predicted octanol–water partition coefficient (Wildman–Crippen LogP) is 7.36. The molecule has 0 spiro atoms. The number of carbonyl (C=O) groups is 1. The largest absolute Gasteiger partial charge is 0.392 e. The van der Waals surface area contributed by atoms with E-state index in [0.29, 0.717) is 30.0 Å². The van der Waals surface area contributed by atoms with E-state index >= 15 is 0 Å². The maximum Gasteiger partial charge on any atom is 0.315 e. The Morgan fingerprint density at radius 3 is 2.37 bits per heavy atom. The number of aliphatic hydroxyl groups excluding tert-OH is 1. The Morgan fingerprint density at radius 2 is 1.65 bits per heavy atom. The van der Waals surface area contributed by atoms with Gasteiger partial charge in [-0.15, -0.1) is 0 Å². The number of likely N-dealkylation sites (tertiary alicyclic amines) is 1. The zero-order valence-electron chi connectivity index (χ0n) is 28.1. The Balaban J connectivity index is 1.24. The first kappa shape index (κ1) is 32.7. The highest BCUT2D eigenvalue weighted by Crippen LogP contribution is 2.53. The Bertz CT molecular complexity index is 1490. The van der Waals surface area contributed by atoms with E-state index in [1.54, 1.807) is 0 Å². The van der Waals surface area contributed by atoms with Crippen molar-refractivity contribution in [3.8, 4) is 11.1 Å². The van der Waals surface area contributed by atoms with Crippen molar-refractivity contribution in [3.63, 3.8) is 0 Å². The van der Waals surface area contributed by atoms with Crippen molar-refractivity contribution in [2.24, 2.45) is 16.7 Å². The number of hydrogen-bond acceptors (Lipinski definition) is 5. The third-order valence-corrected chi connectivity index (χ3v) is 10.3. The van der Waals surface area contributed by atoms with E-state index in [9.17, 15) is 9.90 Å². The van der Waals surface area contributed by atoms with Crippen molar-refractivity contribution in [2.45, 2.75) is 91.6 Å². The lowest BCUT2D eigenvalue weighted by Crippen LogP contribution is -2.46. The normalized spacial score (nSPS) is 29.0. The van der Waals surface area contributed by atoms with E-state index in [1.165, 1.54) is 19.3 Å². The van der Waals surface area contributed by atoms with Gasteiger partial charge >= 0.3 is 6.03 Å². The highest BCUT2D eigenvalue weighted by Gasteiger charge is 2.51. The third-order valence-electron chi connectivity index (χ3n) is 10.3. The zero-order valence-corrected chi connectivity index (χ0v) is 28.1. The fraction of sp³-hybridized carbons (Fsp3) is 0.513. The van der Waals surface area contributed by atoms with Crippen molar-refractivity contribution in [3.05, 3.63) is 95.1 Å². The number of nitrogens with one attached hydrogen (secondary N) is 2. The standard InChI is InChI=1S/C39H51N3O4/c1-6-40-37(44)41-21-31-9-7-8-10-33(31)28-15-17-30(18-16-28)36-45-34(22-42-25-39(5)20-32(42)19-38(3,4)24-39)26(2)35(46-36)29-13-11-27(23-43)12-14-29/h7-18,26,32,34-36,43H,6,19-25H2,1-5H3,(H2,40,41,44)/t26-,32?,34+,35+,36+,39?/m0/s1. The average molecular weight is 626 g/mol. The van der Waals surface area contributed by atoms with Gasteiger partial charge in [0.2, 0.25) is 0 Å². The molecule has 7 nitrogen and oxygen atoms in total. The van der Waals surface area contributed by atoms with Gasteiger partial charge in [0, 0.05) is 43.7 Å². The quantitative estimate of drug-likeness (QED) is 0.232. The van der Waals surface area contributed by atoms with Gasteiger partial charge in [-0.3, -0.25) is 4.90 Å². The van der Waals surface area contributed by atoms with Crippen LogP contribution in [0.3, 0.4) is 0 Å². The second-order valence-electron chi connectivity index (χ2n) is 15.0. The van der Waals surface area contributed by atoms with Gasteiger partial charge < -0.3 is 25.2 Å². The zero-order chi connectivity index (χ0) is 32.5. The van der Waals surface area contributed by atoms with Gasteiger partial charge in [-0.05, 0) is 64.8 Å². The van der Waals surface area contributed by atoms with Crippen LogP contribution in [0.4, 0.5) is 4.79 Å². The number of hydrogen-bond donors (Lipinski definition) is 3. The molecule has 1 saturated carbocycles. The van der Waals surface area contributed by atoms with Crippen LogP contribution in [-0.4, -0.2) is 47.8 Å². The number of aliphatic hydroxyl groups is 1. The van der Waals surface area contributed by atoms with Crippen molar-refractivity contribution >= 4 is 6.03 Å². The summed E-state index contributed by atoms with van der Waals surface area (Å²) in [5.74, 6) is 0.154. The van der Waals surface area contributed by atoms with Gasteiger partial charge in [0.15, 0.2) is 6.29 Å². The number of benzene rings is 3. The molecular formula is C39H51N3O4. The number of fused-ring (bicyclic) bond motifs is 2. The molecule has 3 aromatic carbocycles. The summed E-state index contributed by atoms with van der Waals surface area (Å²) < 4.78 is 13.7. The monoisotopic (exact) mass is 625 g/mol. The third kappa shape index (κ3) is 7.18. The summed E-state index contributed by atoms with van der Waals surface area (Å²) in [7, 11) is 0. The summed E-state index contributed by atoms with van der Waals surface area (Å²) in [6, 6.07) is 25.2. The maximum atomic E-state index is 12.0. The lowest BCUT2D eigenvalue weighted by molar-refractivity contribution is -0.276. The van der Waals surface area contributed by atoms with Gasteiger partial charge in [-0.2, -0.15) is 0 Å². The molecule has 2 aliphatic heterocycles. The first-order valence-electron chi connectivity index (χ1n) is 17.0. The van der Waals surface area contributed by atoms with E-state index < -0.39 is 6.29 Å². The molecular weight excluding hydrogens is 574 g/mol. The Labute approximate surface area is 274 Å². The molecule has 46 heavy (non-hydrogen) atoms. The number of carbonyl (C=O) groups excluding carboxylic acids is 1. The van der Waals surface area contributed by atoms with E-state index in [1.807, 2.05) is 31.2 Å². The number of amides is 2. The summed E-state index contributed by atoms with van der Waals surface area (Å²) in [5, 5.41) is 15.4. The number of urea groups is 1. The molecule has 3 aromatic rings. The van der Waals surface area contributed by atoms with Crippen LogP contribution in [0.1, 0.15) is 88.5 Å². The van der Waals surface area contributed by atoms with E-state index in [4.69, 9.17) is 9.47 Å². The highest BCUT2D eigenvalue weighted by atomic mass is 16.7. The fourth-order valence-corrected chi connectivity index (χ4v) is 8.52. The van der Waals surface area contributed by atoms with Gasteiger partial charge in [-0.25, -0.2) is 4.79 Å². The van der Waals surface area contributed by atoms with E-state index in [0.717, 1.165) is 46.5 Å². The van der Waals surface area contributed by atoms with Crippen LogP contribution in [-0.2, 0) is 22.6 Å². The summed E-state index contributed by atoms with van der Waals surface area (Å²) in [5.41, 5.74) is 6.95. The first-order valence-corrected chi connectivity index (χ1v) is 17.0. The lowest BCUT2D eigenvalue weighted by atomic mass is 9.65. The van der Waals surface area contributed by atoms with Crippen molar-refractivity contribution in [2.75, 3.05) is 19.6 Å². The summed E-state index contributed by atoms with van der Waals surface area (Å²) in [6.07, 6.45) is 3.15. The minimum Gasteiger partial charge on any atom is -0.392 e. The smallest absolute Gasteiger partial charge is 0.315 e. The minimum absolute atomic E-state index is 0.00748. The summed E-state index contributed by atoms with van der Waals surface area (Å²) in [4.78, 5) is 14.7. The second kappa shape index (κ2) is 13.5. The molecule has 3 fully saturated rings.